The van der Waals surface area contributed by atoms with Crippen molar-refractivity contribution in [3.63, 3.8) is 0 Å². The summed E-state index contributed by atoms with van der Waals surface area (Å²) in [5.41, 5.74) is 4.43. The molecular weight excluding hydrogens is 236 g/mol. The Morgan fingerprint density at radius 2 is 1.68 bits per heavy atom. The summed E-state index contributed by atoms with van der Waals surface area (Å²) in [4.78, 5) is 1.89. The lowest BCUT2D eigenvalue weighted by Crippen LogP contribution is -2.15. The largest absolute Gasteiger partial charge is 0.327 e. The van der Waals surface area contributed by atoms with Crippen LogP contribution in [0.15, 0.2) is 24.3 Å². The maximum Gasteiger partial charge on any atom is 0.173 e. The Balaban J connectivity index is 2.50. The van der Waals surface area contributed by atoms with Crippen LogP contribution in [0.3, 0.4) is 0 Å². The average molecular weight is 252 g/mol. The quantitative estimate of drug-likeness (QED) is 0.824. The molecule has 4 nitrogen and oxygen atoms in total. The molecule has 0 saturated heterocycles. The molecule has 0 N–H and O–H groups in total. The minimum absolute atomic E-state index is 0.579. The number of rotatable bonds is 2. The van der Waals surface area contributed by atoms with Gasteiger partial charge in [0.15, 0.2) is 5.82 Å². The maximum atomic E-state index is 9.32. The Hall–Kier alpha value is -2.41. The summed E-state index contributed by atoms with van der Waals surface area (Å²) < 4.78 is 0. The van der Waals surface area contributed by atoms with Gasteiger partial charge in [-0.25, -0.2) is 0 Å². The van der Waals surface area contributed by atoms with E-state index >= 15 is 0 Å². The molecule has 0 bridgehead atoms. The van der Waals surface area contributed by atoms with Crippen LogP contribution in [0.5, 0.6) is 0 Å². The molecule has 0 aliphatic heterocycles. The number of hydrogen-bond acceptors (Lipinski definition) is 4. The Morgan fingerprint density at radius 1 is 1.05 bits per heavy atom. The lowest BCUT2D eigenvalue weighted by molar-refractivity contribution is 0.929. The third-order valence-electron chi connectivity index (χ3n) is 3.29. The minimum Gasteiger partial charge on any atom is -0.327 e. The van der Waals surface area contributed by atoms with E-state index in [1.54, 1.807) is 0 Å². The first kappa shape index (κ1) is 13.0. The molecule has 0 radical (unpaired) electrons. The monoisotopic (exact) mass is 252 g/mol. The van der Waals surface area contributed by atoms with Gasteiger partial charge in [-0.1, -0.05) is 17.7 Å². The predicted octanol–water partition coefficient (Wildman–Crippen LogP) is 3.04. The molecule has 0 saturated carbocycles. The van der Waals surface area contributed by atoms with Crippen LogP contribution in [-0.2, 0) is 0 Å². The SMILES string of the molecule is Cc1ccc(N(C)c2nnc(C)c(C)c2C#N)cc1. The number of anilines is 2. The van der Waals surface area contributed by atoms with Crippen LogP contribution in [0.1, 0.15) is 22.4 Å². The molecule has 0 amide bonds. The fourth-order valence-electron chi connectivity index (χ4n) is 1.86. The highest BCUT2D eigenvalue weighted by Crippen LogP contribution is 2.26. The standard InChI is InChI=1S/C15H16N4/c1-10-5-7-13(8-6-10)19(4)15-14(9-16)11(2)12(3)17-18-15/h5-8H,1-4H3. The normalized spacial score (nSPS) is 10.1. The molecule has 19 heavy (non-hydrogen) atoms. The first-order chi connectivity index (χ1) is 9.04. The first-order valence-corrected chi connectivity index (χ1v) is 6.09. The Morgan fingerprint density at radius 3 is 2.26 bits per heavy atom. The summed E-state index contributed by atoms with van der Waals surface area (Å²) in [6.45, 7) is 5.80. The summed E-state index contributed by atoms with van der Waals surface area (Å²) in [5, 5.41) is 17.6. The third kappa shape index (κ3) is 2.41. The van der Waals surface area contributed by atoms with Gasteiger partial charge in [0, 0.05) is 12.7 Å². The molecule has 2 aromatic rings. The molecule has 0 aliphatic carbocycles. The van der Waals surface area contributed by atoms with E-state index in [9.17, 15) is 5.26 Å². The van der Waals surface area contributed by atoms with Crippen LogP contribution < -0.4 is 4.90 Å². The lowest BCUT2D eigenvalue weighted by Gasteiger charge is -2.20. The molecule has 0 unspecified atom stereocenters. The second kappa shape index (κ2) is 5.07. The highest BCUT2D eigenvalue weighted by Gasteiger charge is 2.15. The van der Waals surface area contributed by atoms with Crippen LogP contribution in [0.25, 0.3) is 0 Å². The molecule has 1 aromatic carbocycles. The number of hydrogen-bond donors (Lipinski definition) is 0. The van der Waals surface area contributed by atoms with E-state index < -0.39 is 0 Å². The Kier molecular flexibility index (Phi) is 3.48. The van der Waals surface area contributed by atoms with Gasteiger partial charge >= 0.3 is 0 Å². The van der Waals surface area contributed by atoms with Crippen molar-refractivity contribution >= 4 is 11.5 Å². The van der Waals surface area contributed by atoms with Crippen LogP contribution in [0, 0.1) is 32.1 Å². The molecule has 1 heterocycles. The van der Waals surface area contributed by atoms with E-state index in [-0.39, 0.29) is 0 Å². The second-order valence-corrected chi connectivity index (χ2v) is 4.62. The molecular formula is C15H16N4. The van der Waals surface area contributed by atoms with Crippen molar-refractivity contribution < 1.29 is 0 Å². The van der Waals surface area contributed by atoms with Crippen LogP contribution in [0.4, 0.5) is 11.5 Å². The summed E-state index contributed by atoms with van der Waals surface area (Å²) in [6.07, 6.45) is 0. The molecule has 2 rings (SSSR count). The van der Waals surface area contributed by atoms with Gasteiger partial charge in [0.05, 0.1) is 5.69 Å². The van der Waals surface area contributed by atoms with Gasteiger partial charge in [0.25, 0.3) is 0 Å². The van der Waals surface area contributed by atoms with Crippen molar-refractivity contribution in [1.82, 2.24) is 10.2 Å². The number of benzene rings is 1. The van der Waals surface area contributed by atoms with Crippen LogP contribution >= 0.6 is 0 Å². The molecule has 96 valence electrons. The number of aryl methyl sites for hydroxylation is 2. The molecule has 1 aromatic heterocycles. The van der Waals surface area contributed by atoms with Gasteiger partial charge < -0.3 is 4.90 Å². The van der Waals surface area contributed by atoms with Crippen LogP contribution in [0.2, 0.25) is 0 Å². The topological polar surface area (TPSA) is 52.8 Å². The van der Waals surface area contributed by atoms with E-state index in [0.29, 0.717) is 11.4 Å². The minimum atomic E-state index is 0.579. The molecule has 0 atom stereocenters. The Labute approximate surface area is 113 Å². The molecule has 0 spiro atoms. The smallest absolute Gasteiger partial charge is 0.173 e. The number of nitriles is 1. The van der Waals surface area contributed by atoms with E-state index in [4.69, 9.17) is 0 Å². The second-order valence-electron chi connectivity index (χ2n) is 4.62. The highest BCUT2D eigenvalue weighted by atomic mass is 15.3. The molecule has 4 heteroatoms. The van der Waals surface area contributed by atoms with Crippen molar-refractivity contribution in [2.75, 3.05) is 11.9 Å². The maximum absolute atomic E-state index is 9.32. The van der Waals surface area contributed by atoms with Gasteiger partial charge in [-0.3, -0.25) is 0 Å². The zero-order valence-electron chi connectivity index (χ0n) is 11.6. The number of aromatic nitrogens is 2. The van der Waals surface area contributed by atoms with Crippen molar-refractivity contribution in [2.45, 2.75) is 20.8 Å². The van der Waals surface area contributed by atoms with Gasteiger partial charge in [-0.15, -0.1) is 5.10 Å². The van der Waals surface area contributed by atoms with Crippen LogP contribution in [-0.4, -0.2) is 17.2 Å². The zero-order valence-corrected chi connectivity index (χ0v) is 11.6. The highest BCUT2D eigenvalue weighted by molar-refractivity contribution is 5.66. The van der Waals surface area contributed by atoms with E-state index in [0.717, 1.165) is 16.9 Å². The Bertz CT molecular complexity index is 638. The molecule has 0 aliphatic rings. The van der Waals surface area contributed by atoms with E-state index in [1.807, 2.05) is 57.0 Å². The summed E-state index contributed by atoms with van der Waals surface area (Å²) >= 11 is 0. The summed E-state index contributed by atoms with van der Waals surface area (Å²) in [6, 6.07) is 10.3. The van der Waals surface area contributed by atoms with Crippen molar-refractivity contribution in [2.24, 2.45) is 0 Å². The van der Waals surface area contributed by atoms with Crippen molar-refractivity contribution in [3.05, 3.63) is 46.6 Å². The van der Waals surface area contributed by atoms with Gasteiger partial charge in [-0.2, -0.15) is 10.4 Å². The zero-order chi connectivity index (χ0) is 14.0. The fourth-order valence-corrected chi connectivity index (χ4v) is 1.86. The van der Waals surface area contributed by atoms with Gasteiger partial charge in [0.2, 0.25) is 0 Å². The summed E-state index contributed by atoms with van der Waals surface area (Å²) in [5.74, 6) is 0.592. The van der Waals surface area contributed by atoms with Crippen molar-refractivity contribution in [3.8, 4) is 6.07 Å². The van der Waals surface area contributed by atoms with E-state index in [1.165, 1.54) is 5.56 Å². The predicted molar refractivity (Wildman–Crippen MR) is 75.5 cm³/mol. The van der Waals surface area contributed by atoms with Gasteiger partial charge in [0.1, 0.15) is 11.6 Å². The van der Waals surface area contributed by atoms with E-state index in [2.05, 4.69) is 16.3 Å². The first-order valence-electron chi connectivity index (χ1n) is 6.09. The van der Waals surface area contributed by atoms with Gasteiger partial charge in [-0.05, 0) is 38.5 Å². The van der Waals surface area contributed by atoms with Crippen molar-refractivity contribution in [1.29, 1.82) is 5.26 Å². The third-order valence-corrected chi connectivity index (χ3v) is 3.29. The average Bonchev–Trinajstić information content (AvgIpc) is 2.41. The number of nitrogens with zero attached hydrogens (tertiary/aromatic N) is 4. The lowest BCUT2D eigenvalue weighted by atomic mass is 10.1. The molecule has 0 fully saturated rings. The fraction of sp³-hybridized carbons (Fsp3) is 0.267. The summed E-state index contributed by atoms with van der Waals surface area (Å²) in [7, 11) is 1.89.